The molecule has 1 atom stereocenters. The van der Waals surface area contributed by atoms with E-state index >= 15 is 0 Å². The number of carbonyl (C=O) groups excluding carboxylic acids is 1. The standard InChI is InChI=1S/C30H21ClF4N2O4S/c1-2-40-28(39)24-25(18-9-11-20(31)12-10-18)37-27(38)23(42-29(37)36-26(24)30(33,34)35)15-19-5-3-4-6-22(19)41-16-17-7-13-21(32)14-8-17/h3-15,25H,2,16H2,1H3/b23-15-/t25-/m1/s1. The fourth-order valence-electron chi connectivity index (χ4n) is 4.42. The quantitative estimate of drug-likeness (QED) is 0.197. The van der Waals surface area contributed by atoms with Crippen LogP contribution in [0.3, 0.4) is 0 Å². The topological polar surface area (TPSA) is 69.9 Å². The van der Waals surface area contributed by atoms with Gasteiger partial charge in [-0.05, 0) is 54.5 Å². The Labute approximate surface area is 245 Å². The maximum absolute atomic E-state index is 14.3. The SMILES string of the molecule is CCOC(=O)C1=C(C(F)(F)F)N=c2s/c(=C\c3ccccc3OCc3ccc(F)cc3)c(=O)n2[C@@H]1c1ccc(Cl)cc1. The van der Waals surface area contributed by atoms with E-state index in [1.54, 1.807) is 36.4 Å². The Bertz CT molecular complexity index is 1850. The molecule has 2 heterocycles. The highest BCUT2D eigenvalue weighted by molar-refractivity contribution is 7.07. The van der Waals surface area contributed by atoms with Gasteiger partial charge >= 0.3 is 12.1 Å². The van der Waals surface area contributed by atoms with Crippen molar-refractivity contribution in [2.24, 2.45) is 4.99 Å². The zero-order chi connectivity index (χ0) is 30.0. The molecular formula is C30H21ClF4N2O4S. The van der Waals surface area contributed by atoms with Crippen LogP contribution in [0, 0.1) is 5.82 Å². The Balaban J connectivity index is 1.66. The first-order valence-electron chi connectivity index (χ1n) is 12.6. The molecule has 0 bridgehead atoms. The van der Waals surface area contributed by atoms with Crippen molar-refractivity contribution in [2.45, 2.75) is 25.7 Å². The zero-order valence-electron chi connectivity index (χ0n) is 21.8. The summed E-state index contributed by atoms with van der Waals surface area (Å²) in [6, 6.07) is 16.9. The lowest BCUT2D eigenvalue weighted by atomic mass is 9.95. The maximum Gasteiger partial charge on any atom is 0.434 e. The van der Waals surface area contributed by atoms with Crippen molar-refractivity contribution in [1.82, 2.24) is 4.57 Å². The number of fused-ring (bicyclic) bond motifs is 1. The second kappa shape index (κ2) is 11.9. The van der Waals surface area contributed by atoms with Crippen molar-refractivity contribution in [2.75, 3.05) is 6.61 Å². The number of para-hydroxylation sites is 1. The fourth-order valence-corrected chi connectivity index (χ4v) is 5.53. The van der Waals surface area contributed by atoms with Crippen molar-refractivity contribution in [3.8, 4) is 5.75 Å². The number of thiazole rings is 1. The minimum absolute atomic E-state index is 0.0668. The van der Waals surface area contributed by atoms with Crippen molar-refractivity contribution in [3.63, 3.8) is 0 Å². The molecule has 6 nitrogen and oxygen atoms in total. The largest absolute Gasteiger partial charge is 0.488 e. The third-order valence-electron chi connectivity index (χ3n) is 6.29. The molecule has 1 aromatic heterocycles. The summed E-state index contributed by atoms with van der Waals surface area (Å²) in [4.78, 5) is 30.3. The van der Waals surface area contributed by atoms with Crippen LogP contribution in [-0.2, 0) is 16.1 Å². The Morgan fingerprint density at radius 3 is 2.43 bits per heavy atom. The van der Waals surface area contributed by atoms with Crippen molar-refractivity contribution in [1.29, 1.82) is 0 Å². The lowest BCUT2D eigenvalue weighted by molar-refractivity contribution is -0.140. The van der Waals surface area contributed by atoms with Crippen LogP contribution in [0.1, 0.15) is 29.7 Å². The number of alkyl halides is 3. The molecule has 0 saturated heterocycles. The number of hydrogen-bond acceptors (Lipinski definition) is 6. The van der Waals surface area contributed by atoms with Gasteiger partial charge in [0.2, 0.25) is 0 Å². The summed E-state index contributed by atoms with van der Waals surface area (Å²) >= 11 is 6.76. The Morgan fingerprint density at radius 1 is 1.07 bits per heavy atom. The monoisotopic (exact) mass is 616 g/mol. The van der Waals surface area contributed by atoms with Crippen molar-refractivity contribution in [3.05, 3.63) is 131 Å². The summed E-state index contributed by atoms with van der Waals surface area (Å²) in [5.74, 6) is -1.22. The van der Waals surface area contributed by atoms with Crippen LogP contribution in [0.25, 0.3) is 6.08 Å². The number of ether oxygens (including phenoxy) is 2. The molecule has 0 radical (unpaired) electrons. The molecule has 0 amide bonds. The van der Waals surface area contributed by atoms with Crippen LogP contribution in [0.4, 0.5) is 17.6 Å². The second-order valence-electron chi connectivity index (χ2n) is 9.07. The number of nitrogens with zero attached hydrogens (tertiary/aromatic N) is 2. The molecule has 216 valence electrons. The summed E-state index contributed by atoms with van der Waals surface area (Å²) in [5, 5.41) is 0.320. The summed E-state index contributed by atoms with van der Waals surface area (Å²) in [5.41, 5.74) is -1.48. The smallest absolute Gasteiger partial charge is 0.434 e. The highest BCUT2D eigenvalue weighted by atomic mass is 35.5. The number of rotatable bonds is 7. The van der Waals surface area contributed by atoms with E-state index < -0.39 is 35.0 Å². The molecule has 1 aliphatic rings. The molecule has 5 rings (SSSR count). The molecule has 0 spiro atoms. The molecule has 1 aliphatic heterocycles. The van der Waals surface area contributed by atoms with Crippen LogP contribution in [0.2, 0.25) is 5.02 Å². The normalized spacial score (nSPS) is 15.3. The van der Waals surface area contributed by atoms with Crippen molar-refractivity contribution < 1.29 is 31.8 Å². The number of allylic oxidation sites excluding steroid dienone is 1. The average Bonchev–Trinajstić information content (AvgIpc) is 3.27. The van der Waals surface area contributed by atoms with E-state index in [1.165, 1.54) is 49.4 Å². The fraction of sp³-hybridized carbons (Fsp3) is 0.167. The lowest BCUT2D eigenvalue weighted by Crippen LogP contribution is -2.41. The van der Waals surface area contributed by atoms with Crippen LogP contribution in [-0.4, -0.2) is 23.3 Å². The number of hydrogen-bond donors (Lipinski definition) is 0. The molecule has 42 heavy (non-hydrogen) atoms. The highest BCUT2D eigenvalue weighted by Gasteiger charge is 2.45. The molecule has 0 unspecified atom stereocenters. The molecule has 12 heteroatoms. The second-order valence-corrected chi connectivity index (χ2v) is 10.5. The number of carbonyl (C=O) groups is 1. The first-order chi connectivity index (χ1) is 20.1. The van der Waals surface area contributed by atoms with Gasteiger partial charge < -0.3 is 9.47 Å². The summed E-state index contributed by atoms with van der Waals surface area (Å²) in [7, 11) is 0. The minimum Gasteiger partial charge on any atom is -0.488 e. The molecule has 0 saturated carbocycles. The first-order valence-corrected chi connectivity index (χ1v) is 13.8. The van der Waals surface area contributed by atoms with E-state index in [1.807, 2.05) is 0 Å². The zero-order valence-corrected chi connectivity index (χ0v) is 23.4. The average molecular weight is 617 g/mol. The summed E-state index contributed by atoms with van der Waals surface area (Å²) in [6.45, 7) is 1.40. The molecular weight excluding hydrogens is 596 g/mol. The molecule has 0 N–H and O–H groups in total. The number of halogens is 5. The van der Waals surface area contributed by atoms with Gasteiger partial charge in [0.1, 0.15) is 18.2 Å². The van der Waals surface area contributed by atoms with E-state index in [0.717, 1.165) is 15.9 Å². The minimum atomic E-state index is -5.01. The van der Waals surface area contributed by atoms with Crippen LogP contribution >= 0.6 is 22.9 Å². The van der Waals surface area contributed by atoms with Crippen LogP contribution < -0.4 is 19.6 Å². The molecule has 0 aliphatic carbocycles. The van der Waals surface area contributed by atoms with E-state index in [2.05, 4.69) is 4.99 Å². The maximum atomic E-state index is 14.3. The van der Waals surface area contributed by atoms with Gasteiger partial charge in [-0.2, -0.15) is 13.2 Å². The van der Waals surface area contributed by atoms with Gasteiger partial charge in [-0.25, -0.2) is 14.2 Å². The predicted octanol–water partition coefficient (Wildman–Crippen LogP) is 5.71. The Morgan fingerprint density at radius 2 is 1.76 bits per heavy atom. The highest BCUT2D eigenvalue weighted by Crippen LogP contribution is 2.38. The van der Waals surface area contributed by atoms with Gasteiger partial charge in [0.25, 0.3) is 5.56 Å². The van der Waals surface area contributed by atoms with Crippen LogP contribution in [0.5, 0.6) is 5.75 Å². The van der Waals surface area contributed by atoms with E-state index in [0.29, 0.717) is 21.9 Å². The van der Waals surface area contributed by atoms with Crippen LogP contribution in [0.15, 0.2) is 93.9 Å². The number of aromatic nitrogens is 1. The van der Waals surface area contributed by atoms with E-state index in [4.69, 9.17) is 21.1 Å². The summed E-state index contributed by atoms with van der Waals surface area (Å²) < 4.78 is 68.1. The third-order valence-corrected chi connectivity index (χ3v) is 7.53. The van der Waals surface area contributed by atoms with Crippen molar-refractivity contribution >= 4 is 35.0 Å². The first kappa shape index (κ1) is 29.3. The lowest BCUT2D eigenvalue weighted by Gasteiger charge is -2.26. The predicted molar refractivity (Wildman–Crippen MR) is 149 cm³/mol. The van der Waals surface area contributed by atoms with Gasteiger partial charge in [0.05, 0.1) is 22.8 Å². The Kier molecular flexibility index (Phi) is 8.33. The summed E-state index contributed by atoms with van der Waals surface area (Å²) in [6.07, 6.45) is -3.52. The van der Waals surface area contributed by atoms with Gasteiger partial charge in [-0.15, -0.1) is 0 Å². The van der Waals surface area contributed by atoms with Gasteiger partial charge in [0.15, 0.2) is 10.5 Å². The number of benzene rings is 3. The van der Waals surface area contributed by atoms with E-state index in [-0.39, 0.29) is 33.9 Å². The molecule has 0 fully saturated rings. The van der Waals surface area contributed by atoms with Gasteiger partial charge in [-0.3, -0.25) is 9.36 Å². The molecule has 3 aromatic carbocycles. The third kappa shape index (κ3) is 6.02. The van der Waals surface area contributed by atoms with Gasteiger partial charge in [0, 0.05) is 10.6 Å². The number of esters is 1. The van der Waals surface area contributed by atoms with Gasteiger partial charge in [-0.1, -0.05) is 65.4 Å². The molecule has 4 aromatic rings. The Hall–Kier alpha value is -4.22. The van der Waals surface area contributed by atoms with E-state index in [9.17, 15) is 27.2 Å².